The maximum Gasteiger partial charge on any atom is 0.306 e. The van der Waals surface area contributed by atoms with Crippen molar-refractivity contribution in [3.63, 3.8) is 0 Å². The van der Waals surface area contributed by atoms with Gasteiger partial charge in [0.15, 0.2) is 5.69 Å². The van der Waals surface area contributed by atoms with E-state index in [4.69, 9.17) is 0 Å². The highest BCUT2D eigenvalue weighted by Gasteiger charge is 2.31. The molecule has 0 aliphatic carbocycles. The van der Waals surface area contributed by atoms with Crippen molar-refractivity contribution in [1.29, 1.82) is 0 Å². The van der Waals surface area contributed by atoms with Gasteiger partial charge in [0.05, 0.1) is 32.9 Å². The Morgan fingerprint density at radius 2 is 1.40 bits per heavy atom. The summed E-state index contributed by atoms with van der Waals surface area (Å²) < 4.78 is 0. The van der Waals surface area contributed by atoms with Crippen LogP contribution in [0.15, 0.2) is 36.4 Å². The predicted molar refractivity (Wildman–Crippen MR) is 80.5 cm³/mol. The number of carboxylic acids is 1. The molecule has 2 aromatic rings. The summed E-state index contributed by atoms with van der Waals surface area (Å²) in [5.74, 6) is -1.62. The normalized spacial score (nSPS) is 10.1. The lowest BCUT2D eigenvalue weighted by molar-refractivity contribution is -0.401. The second-order valence-corrected chi connectivity index (χ2v) is 4.59. The van der Waals surface area contributed by atoms with Gasteiger partial charge in [0.25, 0.3) is 5.69 Å². The van der Waals surface area contributed by atoms with E-state index in [1.54, 1.807) is 0 Å². The molecule has 0 aromatic heterocycles. The second kappa shape index (κ2) is 6.57. The molecule has 0 saturated carbocycles. The molecule has 0 bridgehead atoms. The number of para-hydroxylation sites is 1. The number of carboxylic acid groups (broad SMARTS) is 1. The summed E-state index contributed by atoms with van der Waals surface area (Å²) in [4.78, 5) is 41.1. The van der Waals surface area contributed by atoms with E-state index in [1.165, 1.54) is 18.2 Å². The van der Waals surface area contributed by atoms with Crippen molar-refractivity contribution in [1.82, 2.24) is 0 Å². The van der Waals surface area contributed by atoms with E-state index in [1.807, 2.05) is 0 Å². The van der Waals surface area contributed by atoms with Crippen LogP contribution in [-0.4, -0.2) is 20.7 Å². The number of rotatable bonds is 6. The van der Waals surface area contributed by atoms with Gasteiger partial charge in [-0.25, -0.2) is 0 Å². The standard InChI is InChI=1S/C13H8N4O8/c18-13(19)8-3-1-2-4-9(8)14-12-10(16(22)23)5-7(15(20)21)6-11(12)17(24)25/h1-6,14H,(H,18,19)/p-1. The Hall–Kier alpha value is -4.09. The summed E-state index contributed by atoms with van der Waals surface area (Å²) in [6.45, 7) is 0. The first-order valence-electron chi connectivity index (χ1n) is 6.41. The van der Waals surface area contributed by atoms with Crippen LogP contribution in [-0.2, 0) is 0 Å². The molecular weight excluding hydrogens is 340 g/mol. The third kappa shape index (κ3) is 3.47. The molecule has 128 valence electrons. The lowest BCUT2D eigenvalue weighted by atomic mass is 10.1. The van der Waals surface area contributed by atoms with Crippen molar-refractivity contribution >= 4 is 34.4 Å². The van der Waals surface area contributed by atoms with Crippen LogP contribution in [0.1, 0.15) is 10.4 Å². The van der Waals surface area contributed by atoms with E-state index in [9.17, 15) is 40.2 Å². The van der Waals surface area contributed by atoms with Gasteiger partial charge in [0.2, 0.25) is 0 Å². The molecule has 0 heterocycles. The van der Waals surface area contributed by atoms with Crippen molar-refractivity contribution in [3.8, 4) is 0 Å². The summed E-state index contributed by atoms with van der Waals surface area (Å²) in [6.07, 6.45) is 0. The van der Waals surface area contributed by atoms with E-state index in [2.05, 4.69) is 5.32 Å². The largest absolute Gasteiger partial charge is 0.545 e. The maximum atomic E-state index is 11.2. The third-order valence-electron chi connectivity index (χ3n) is 3.09. The molecule has 0 saturated heterocycles. The molecule has 0 aliphatic rings. The quantitative estimate of drug-likeness (QED) is 0.598. The Kier molecular flexibility index (Phi) is 4.54. The number of anilines is 2. The highest BCUT2D eigenvalue weighted by Crippen LogP contribution is 2.40. The van der Waals surface area contributed by atoms with Crippen molar-refractivity contribution in [2.24, 2.45) is 0 Å². The number of aromatic carboxylic acids is 1. The topological polar surface area (TPSA) is 182 Å². The number of benzene rings is 2. The Morgan fingerprint density at radius 3 is 1.84 bits per heavy atom. The van der Waals surface area contributed by atoms with Crippen molar-refractivity contribution in [2.75, 3.05) is 5.32 Å². The Morgan fingerprint density at radius 1 is 0.880 bits per heavy atom. The first-order chi connectivity index (χ1) is 11.7. The molecule has 0 spiro atoms. The van der Waals surface area contributed by atoms with Crippen molar-refractivity contribution in [3.05, 3.63) is 72.3 Å². The van der Waals surface area contributed by atoms with Crippen LogP contribution < -0.4 is 10.4 Å². The first-order valence-corrected chi connectivity index (χ1v) is 6.41. The van der Waals surface area contributed by atoms with Gasteiger partial charge in [-0.2, -0.15) is 0 Å². The number of nitro groups is 3. The van der Waals surface area contributed by atoms with Crippen LogP contribution in [0, 0.1) is 30.3 Å². The van der Waals surface area contributed by atoms with Gasteiger partial charge < -0.3 is 15.2 Å². The van der Waals surface area contributed by atoms with Gasteiger partial charge in [-0.15, -0.1) is 0 Å². The fourth-order valence-corrected chi connectivity index (χ4v) is 2.02. The van der Waals surface area contributed by atoms with Gasteiger partial charge in [-0.1, -0.05) is 18.2 Å². The molecule has 0 amide bonds. The van der Waals surface area contributed by atoms with Crippen molar-refractivity contribution < 1.29 is 24.7 Å². The minimum atomic E-state index is -1.62. The van der Waals surface area contributed by atoms with Crippen molar-refractivity contribution in [2.45, 2.75) is 0 Å². The highest BCUT2D eigenvalue weighted by atomic mass is 16.6. The fourth-order valence-electron chi connectivity index (χ4n) is 2.02. The van der Waals surface area contributed by atoms with Gasteiger partial charge in [0.1, 0.15) is 0 Å². The van der Waals surface area contributed by atoms with Crippen LogP contribution in [0.5, 0.6) is 0 Å². The van der Waals surface area contributed by atoms with Gasteiger partial charge >= 0.3 is 11.4 Å². The average Bonchev–Trinajstić information content (AvgIpc) is 2.54. The molecule has 12 nitrogen and oxygen atoms in total. The zero-order valence-electron chi connectivity index (χ0n) is 12.1. The first kappa shape index (κ1) is 17.3. The number of hydrogen-bond acceptors (Lipinski definition) is 9. The second-order valence-electron chi connectivity index (χ2n) is 4.59. The SMILES string of the molecule is O=C([O-])c1ccccc1Nc1c([N+](=O)[O-])cc([N+](=O)[O-])cc1[N+](=O)[O-]. The molecule has 0 aliphatic heterocycles. The lowest BCUT2D eigenvalue weighted by Gasteiger charge is -2.12. The molecule has 0 atom stereocenters. The number of hydrogen-bond donors (Lipinski definition) is 1. The van der Waals surface area contributed by atoms with E-state index in [0.29, 0.717) is 12.1 Å². The van der Waals surface area contributed by atoms with Crippen LogP contribution >= 0.6 is 0 Å². The zero-order chi connectivity index (χ0) is 18.7. The highest BCUT2D eigenvalue weighted by molar-refractivity contribution is 5.95. The molecular formula is C13H7N4O8-. The fraction of sp³-hybridized carbons (Fsp3) is 0. The summed E-state index contributed by atoms with van der Waals surface area (Å²) in [5, 5.41) is 46.5. The summed E-state index contributed by atoms with van der Waals surface area (Å²) >= 11 is 0. The van der Waals surface area contributed by atoms with E-state index in [-0.39, 0.29) is 5.69 Å². The monoisotopic (exact) mass is 347 g/mol. The molecule has 1 N–H and O–H groups in total. The number of nitrogens with zero attached hydrogens (tertiary/aromatic N) is 3. The van der Waals surface area contributed by atoms with E-state index >= 15 is 0 Å². The molecule has 25 heavy (non-hydrogen) atoms. The molecule has 2 aromatic carbocycles. The molecule has 0 radical (unpaired) electrons. The number of nitro benzene ring substituents is 3. The third-order valence-corrected chi connectivity index (χ3v) is 3.09. The summed E-state index contributed by atoms with van der Waals surface area (Å²) in [6, 6.07) is 6.15. The number of nitrogens with one attached hydrogen (secondary N) is 1. The summed E-state index contributed by atoms with van der Waals surface area (Å²) in [5.41, 5.74) is -4.04. The Labute approximate surface area is 137 Å². The number of non-ortho nitro benzene ring substituents is 1. The van der Waals surface area contributed by atoms with E-state index < -0.39 is 49.1 Å². The van der Waals surface area contributed by atoms with Gasteiger partial charge in [-0.3, -0.25) is 30.3 Å². The van der Waals surface area contributed by atoms with Gasteiger partial charge in [-0.05, 0) is 6.07 Å². The Balaban J connectivity index is 2.72. The minimum absolute atomic E-state index is 0.206. The average molecular weight is 347 g/mol. The smallest absolute Gasteiger partial charge is 0.306 e. The number of carbonyl (C=O) groups excluding carboxylic acids is 1. The predicted octanol–water partition coefficient (Wildman–Crippen LogP) is 1.52. The zero-order valence-corrected chi connectivity index (χ0v) is 12.1. The molecule has 0 fully saturated rings. The van der Waals surface area contributed by atoms with Crippen LogP contribution in [0.2, 0.25) is 0 Å². The minimum Gasteiger partial charge on any atom is -0.545 e. The summed E-state index contributed by atoms with van der Waals surface area (Å²) in [7, 11) is 0. The molecule has 2 rings (SSSR count). The Bertz CT molecular complexity index is 876. The van der Waals surface area contributed by atoms with Gasteiger partial charge in [0, 0.05) is 11.3 Å². The lowest BCUT2D eigenvalue weighted by Crippen LogP contribution is -2.23. The van der Waals surface area contributed by atoms with E-state index in [0.717, 1.165) is 6.07 Å². The molecule has 0 unspecified atom stereocenters. The van der Waals surface area contributed by atoms with Crippen LogP contribution in [0.25, 0.3) is 0 Å². The van der Waals surface area contributed by atoms with Crippen LogP contribution in [0.4, 0.5) is 28.4 Å². The van der Waals surface area contributed by atoms with Crippen LogP contribution in [0.3, 0.4) is 0 Å². The maximum absolute atomic E-state index is 11.2. The molecule has 12 heteroatoms. The number of carbonyl (C=O) groups is 1.